The second kappa shape index (κ2) is 12.1. The zero-order valence-electron chi connectivity index (χ0n) is 22.7. The van der Waals surface area contributed by atoms with Crippen molar-refractivity contribution < 1.29 is 32.2 Å². The standard InChI is InChI=1S/C32H32F3NO4/c1-4-39-30(38)25-15-16-31(27-13-9-6-10-14-27,36(20-25)29(37)24-11-7-5-8-12-24)21-40-23(3)26-17-22(2)18-28(19-26)32(33,34)35/h5-15,17-19,23H,4,16,20-21H2,1-3H3/t23?,31-/m1/s1. The maximum atomic E-state index is 14.0. The highest BCUT2D eigenvalue weighted by molar-refractivity contribution is 5.97. The van der Waals surface area contributed by atoms with Gasteiger partial charge in [-0.1, -0.05) is 66.2 Å². The number of esters is 1. The minimum Gasteiger partial charge on any atom is -0.463 e. The van der Waals surface area contributed by atoms with Crippen LogP contribution in [0.3, 0.4) is 0 Å². The van der Waals surface area contributed by atoms with E-state index in [0.29, 0.717) is 22.3 Å². The smallest absolute Gasteiger partial charge is 0.416 e. The molecule has 0 N–H and O–H groups in total. The lowest BCUT2D eigenvalue weighted by molar-refractivity contribution is -0.139. The van der Waals surface area contributed by atoms with Crippen LogP contribution in [0, 0.1) is 6.92 Å². The molecule has 1 aliphatic rings. The average Bonchev–Trinajstić information content (AvgIpc) is 2.95. The number of alkyl halides is 3. The molecule has 5 nitrogen and oxygen atoms in total. The lowest BCUT2D eigenvalue weighted by Gasteiger charge is -2.47. The fraction of sp³-hybridized carbons (Fsp3) is 0.312. The van der Waals surface area contributed by atoms with Gasteiger partial charge in [0, 0.05) is 5.56 Å². The zero-order valence-corrected chi connectivity index (χ0v) is 22.7. The Bertz CT molecular complexity index is 1370. The minimum absolute atomic E-state index is 0.0120. The predicted octanol–water partition coefficient (Wildman–Crippen LogP) is 7.02. The SMILES string of the molecule is CCOC(=O)C1=CC[C@@](COC(C)c2cc(C)cc(C(F)(F)F)c2)(c2ccccc2)N(C(=O)c2ccccc2)C1. The van der Waals surface area contributed by atoms with Crippen LogP contribution < -0.4 is 0 Å². The number of ether oxygens (including phenoxy) is 2. The summed E-state index contributed by atoms with van der Waals surface area (Å²) in [5, 5.41) is 0. The number of hydrogen-bond donors (Lipinski definition) is 0. The first-order valence-electron chi connectivity index (χ1n) is 13.1. The summed E-state index contributed by atoms with van der Waals surface area (Å²) in [6, 6.07) is 21.9. The van der Waals surface area contributed by atoms with Crippen LogP contribution in [0.15, 0.2) is 90.5 Å². The summed E-state index contributed by atoms with van der Waals surface area (Å²) in [6.45, 7) is 5.19. The molecule has 3 aromatic rings. The number of benzene rings is 3. The summed E-state index contributed by atoms with van der Waals surface area (Å²) in [5.74, 6) is -0.797. The summed E-state index contributed by atoms with van der Waals surface area (Å²) in [4.78, 5) is 28.3. The van der Waals surface area contributed by atoms with E-state index < -0.39 is 29.4 Å². The van der Waals surface area contributed by atoms with Crippen molar-refractivity contribution in [1.29, 1.82) is 0 Å². The van der Waals surface area contributed by atoms with Crippen molar-refractivity contribution in [3.05, 3.63) is 118 Å². The number of rotatable bonds is 8. The van der Waals surface area contributed by atoms with Gasteiger partial charge in [-0.05, 0) is 62.6 Å². The molecule has 4 rings (SSSR count). The predicted molar refractivity (Wildman–Crippen MR) is 145 cm³/mol. The largest absolute Gasteiger partial charge is 0.463 e. The number of hydrogen-bond acceptors (Lipinski definition) is 4. The van der Waals surface area contributed by atoms with Crippen LogP contribution in [0.2, 0.25) is 0 Å². The maximum absolute atomic E-state index is 14.0. The van der Waals surface area contributed by atoms with E-state index in [0.717, 1.165) is 17.7 Å². The fourth-order valence-electron chi connectivity index (χ4n) is 4.98. The molecule has 0 saturated heterocycles. The van der Waals surface area contributed by atoms with Gasteiger partial charge in [0.15, 0.2) is 0 Å². The van der Waals surface area contributed by atoms with Gasteiger partial charge in [-0.3, -0.25) is 4.79 Å². The van der Waals surface area contributed by atoms with E-state index in [-0.39, 0.29) is 32.1 Å². The van der Waals surface area contributed by atoms with E-state index in [4.69, 9.17) is 9.47 Å². The Morgan fingerprint density at radius 3 is 2.27 bits per heavy atom. The van der Waals surface area contributed by atoms with Crippen molar-refractivity contribution in [2.24, 2.45) is 0 Å². The number of carbonyl (C=O) groups is 2. The number of halogens is 3. The Kier molecular flexibility index (Phi) is 8.79. The molecule has 0 bridgehead atoms. The lowest BCUT2D eigenvalue weighted by Crippen LogP contribution is -2.55. The van der Waals surface area contributed by atoms with Crippen molar-refractivity contribution in [3.63, 3.8) is 0 Å². The molecular weight excluding hydrogens is 519 g/mol. The van der Waals surface area contributed by atoms with Gasteiger partial charge in [0.2, 0.25) is 0 Å². The van der Waals surface area contributed by atoms with E-state index in [1.54, 1.807) is 62.1 Å². The van der Waals surface area contributed by atoms with Crippen molar-refractivity contribution in [3.8, 4) is 0 Å². The third kappa shape index (κ3) is 6.28. The van der Waals surface area contributed by atoms with Gasteiger partial charge in [0.1, 0.15) is 0 Å². The molecule has 40 heavy (non-hydrogen) atoms. The molecule has 8 heteroatoms. The van der Waals surface area contributed by atoms with Crippen molar-refractivity contribution in [2.75, 3.05) is 19.8 Å². The van der Waals surface area contributed by atoms with Crippen LogP contribution in [0.4, 0.5) is 13.2 Å². The van der Waals surface area contributed by atoms with E-state index >= 15 is 0 Å². The minimum atomic E-state index is -4.48. The third-order valence-electron chi connectivity index (χ3n) is 7.11. The van der Waals surface area contributed by atoms with Crippen LogP contribution in [-0.4, -0.2) is 36.5 Å². The Morgan fingerprint density at radius 2 is 1.65 bits per heavy atom. The second-order valence-electron chi connectivity index (χ2n) is 9.89. The number of nitrogens with zero attached hydrogens (tertiary/aromatic N) is 1. The molecule has 1 aliphatic heterocycles. The van der Waals surface area contributed by atoms with Crippen LogP contribution in [0.1, 0.15) is 59.0 Å². The van der Waals surface area contributed by atoms with Crippen LogP contribution >= 0.6 is 0 Å². The van der Waals surface area contributed by atoms with Crippen molar-refractivity contribution in [2.45, 2.75) is 45.0 Å². The lowest BCUT2D eigenvalue weighted by atomic mass is 9.81. The van der Waals surface area contributed by atoms with Crippen molar-refractivity contribution >= 4 is 11.9 Å². The number of amides is 1. The molecular formula is C32H32F3NO4. The highest BCUT2D eigenvalue weighted by atomic mass is 19.4. The molecule has 0 radical (unpaired) electrons. The first kappa shape index (κ1) is 29.1. The number of carbonyl (C=O) groups excluding carboxylic acids is 2. The second-order valence-corrected chi connectivity index (χ2v) is 9.89. The summed E-state index contributed by atoms with van der Waals surface area (Å²) < 4.78 is 52.0. The van der Waals surface area contributed by atoms with Gasteiger partial charge in [-0.2, -0.15) is 13.2 Å². The first-order valence-corrected chi connectivity index (χ1v) is 13.1. The number of aryl methyl sites for hydroxylation is 1. The first-order chi connectivity index (χ1) is 19.0. The maximum Gasteiger partial charge on any atom is 0.416 e. The summed E-state index contributed by atoms with van der Waals surface area (Å²) in [7, 11) is 0. The Morgan fingerprint density at radius 1 is 1.00 bits per heavy atom. The molecule has 1 unspecified atom stereocenters. The van der Waals surface area contributed by atoms with Gasteiger partial charge in [0.25, 0.3) is 5.91 Å². The van der Waals surface area contributed by atoms with Gasteiger partial charge in [-0.15, -0.1) is 0 Å². The summed E-state index contributed by atoms with van der Waals surface area (Å²) in [6.07, 6.45) is -3.17. The van der Waals surface area contributed by atoms with Gasteiger partial charge in [0.05, 0.1) is 42.5 Å². The van der Waals surface area contributed by atoms with Gasteiger partial charge >= 0.3 is 12.1 Å². The fourth-order valence-corrected chi connectivity index (χ4v) is 4.98. The average molecular weight is 552 g/mol. The molecule has 2 atom stereocenters. The topological polar surface area (TPSA) is 55.8 Å². The molecule has 1 amide bonds. The third-order valence-corrected chi connectivity index (χ3v) is 7.11. The Balaban J connectivity index is 1.75. The van der Waals surface area contributed by atoms with E-state index in [9.17, 15) is 22.8 Å². The molecule has 0 aliphatic carbocycles. The quantitative estimate of drug-likeness (QED) is 0.282. The van der Waals surface area contributed by atoms with E-state index in [2.05, 4.69) is 0 Å². The van der Waals surface area contributed by atoms with E-state index in [1.807, 2.05) is 36.4 Å². The molecule has 0 fully saturated rings. The highest BCUT2D eigenvalue weighted by Gasteiger charge is 2.45. The summed E-state index contributed by atoms with van der Waals surface area (Å²) >= 11 is 0. The van der Waals surface area contributed by atoms with Crippen molar-refractivity contribution in [1.82, 2.24) is 4.90 Å². The normalized spacial score (nSPS) is 18.1. The molecule has 0 aromatic heterocycles. The zero-order chi connectivity index (χ0) is 28.9. The van der Waals surface area contributed by atoms with Crippen LogP contribution in [0.5, 0.6) is 0 Å². The van der Waals surface area contributed by atoms with Crippen LogP contribution in [0.25, 0.3) is 0 Å². The highest BCUT2D eigenvalue weighted by Crippen LogP contribution is 2.40. The molecule has 3 aromatic carbocycles. The van der Waals surface area contributed by atoms with E-state index in [1.165, 1.54) is 0 Å². The monoisotopic (exact) mass is 551 g/mol. The molecule has 0 spiro atoms. The molecule has 210 valence electrons. The summed E-state index contributed by atoms with van der Waals surface area (Å²) in [5.41, 5.74) is 0.666. The Hall–Kier alpha value is -3.91. The Labute approximate surface area is 232 Å². The molecule has 1 heterocycles. The molecule has 0 saturated carbocycles. The van der Waals surface area contributed by atoms with Crippen LogP contribution in [-0.2, 0) is 26.0 Å². The van der Waals surface area contributed by atoms with Gasteiger partial charge < -0.3 is 14.4 Å². The van der Waals surface area contributed by atoms with Gasteiger partial charge in [-0.25, -0.2) is 4.79 Å².